The first kappa shape index (κ1) is 14.6. The molecule has 1 N–H and O–H groups in total. The first-order valence-electron chi connectivity index (χ1n) is 7.62. The van der Waals surface area contributed by atoms with Crippen molar-refractivity contribution in [3.63, 3.8) is 0 Å². The van der Waals surface area contributed by atoms with Gasteiger partial charge in [-0.25, -0.2) is 0 Å². The second-order valence-electron chi connectivity index (χ2n) is 6.28. The van der Waals surface area contributed by atoms with Gasteiger partial charge in [0.15, 0.2) is 0 Å². The number of aliphatic hydroxyl groups is 1. The van der Waals surface area contributed by atoms with E-state index in [0.717, 1.165) is 24.8 Å². The number of halogens is 1. The van der Waals surface area contributed by atoms with Crippen LogP contribution in [0.5, 0.6) is 0 Å². The van der Waals surface area contributed by atoms with E-state index in [9.17, 15) is 5.11 Å². The maximum Gasteiger partial charge on any atom is 0.0874 e. The third kappa shape index (κ3) is 3.14. The third-order valence-corrected chi connectivity index (χ3v) is 4.82. The van der Waals surface area contributed by atoms with E-state index in [-0.39, 0.29) is 0 Å². The normalized spacial score (nSPS) is 20.6. The monoisotopic (exact) mass is 300 g/mol. The van der Waals surface area contributed by atoms with Crippen molar-refractivity contribution in [2.24, 2.45) is 0 Å². The van der Waals surface area contributed by atoms with Gasteiger partial charge in [-0.1, -0.05) is 48.0 Å². The van der Waals surface area contributed by atoms with Gasteiger partial charge in [-0.3, -0.25) is 0 Å². The highest BCUT2D eigenvalue weighted by Crippen LogP contribution is 2.40. The van der Waals surface area contributed by atoms with Gasteiger partial charge in [0.05, 0.1) is 5.60 Å². The van der Waals surface area contributed by atoms with Crippen LogP contribution in [0.3, 0.4) is 0 Å². The second-order valence-corrected chi connectivity index (χ2v) is 6.71. The van der Waals surface area contributed by atoms with Crippen LogP contribution in [0.15, 0.2) is 48.5 Å². The molecule has 2 heteroatoms. The summed E-state index contributed by atoms with van der Waals surface area (Å²) in [5.74, 6) is 0.420. The van der Waals surface area contributed by atoms with E-state index in [1.54, 1.807) is 0 Å². The number of benzene rings is 2. The van der Waals surface area contributed by atoms with E-state index in [2.05, 4.69) is 24.3 Å². The molecule has 3 rings (SSSR count). The van der Waals surface area contributed by atoms with Crippen LogP contribution in [-0.2, 0) is 12.0 Å². The Morgan fingerprint density at radius 2 is 2.00 bits per heavy atom. The van der Waals surface area contributed by atoms with Crippen LogP contribution in [0.2, 0.25) is 5.02 Å². The van der Waals surface area contributed by atoms with Gasteiger partial charge >= 0.3 is 0 Å². The number of aryl methyl sites for hydroxylation is 1. The molecule has 2 atom stereocenters. The molecule has 0 amide bonds. The third-order valence-electron chi connectivity index (χ3n) is 4.58. The summed E-state index contributed by atoms with van der Waals surface area (Å²) in [6.07, 6.45) is 4.25. The van der Waals surface area contributed by atoms with Crippen LogP contribution >= 0.6 is 11.6 Å². The minimum absolute atomic E-state index is 0.420. The Balaban J connectivity index is 1.86. The van der Waals surface area contributed by atoms with Gasteiger partial charge in [-0.05, 0) is 67.3 Å². The number of fused-ring (bicyclic) bond motifs is 1. The Bertz CT molecular complexity index is 633. The van der Waals surface area contributed by atoms with Gasteiger partial charge in [-0.15, -0.1) is 0 Å². The SMILES string of the molecule is CC(O)(CC1CCCc2ccccc21)c1cccc(Cl)c1. The fourth-order valence-corrected chi connectivity index (χ4v) is 3.68. The first-order valence-corrected chi connectivity index (χ1v) is 8.00. The van der Waals surface area contributed by atoms with E-state index >= 15 is 0 Å². The summed E-state index contributed by atoms with van der Waals surface area (Å²) in [4.78, 5) is 0. The number of rotatable bonds is 3. The maximum absolute atomic E-state index is 10.9. The van der Waals surface area contributed by atoms with Crippen LogP contribution in [0.1, 0.15) is 48.8 Å². The predicted molar refractivity (Wildman–Crippen MR) is 87.8 cm³/mol. The van der Waals surface area contributed by atoms with Crippen LogP contribution in [-0.4, -0.2) is 5.11 Å². The average molecular weight is 301 g/mol. The van der Waals surface area contributed by atoms with Crippen LogP contribution in [0.25, 0.3) is 0 Å². The Hall–Kier alpha value is -1.31. The predicted octanol–water partition coefficient (Wildman–Crippen LogP) is 5.06. The van der Waals surface area contributed by atoms with Crippen molar-refractivity contribution in [2.45, 2.75) is 44.1 Å². The Morgan fingerprint density at radius 1 is 1.19 bits per heavy atom. The van der Waals surface area contributed by atoms with E-state index in [4.69, 9.17) is 11.6 Å². The largest absolute Gasteiger partial charge is 0.385 e. The summed E-state index contributed by atoms with van der Waals surface area (Å²) in [6, 6.07) is 16.2. The van der Waals surface area contributed by atoms with Crippen molar-refractivity contribution in [3.05, 3.63) is 70.2 Å². The molecule has 1 nitrogen and oxygen atoms in total. The topological polar surface area (TPSA) is 20.2 Å². The van der Waals surface area contributed by atoms with Gasteiger partial charge < -0.3 is 5.11 Å². The number of hydrogen-bond acceptors (Lipinski definition) is 1. The minimum atomic E-state index is -0.847. The maximum atomic E-state index is 10.9. The van der Waals surface area contributed by atoms with Gasteiger partial charge in [0.1, 0.15) is 0 Å². The van der Waals surface area contributed by atoms with E-state index in [0.29, 0.717) is 10.9 Å². The van der Waals surface area contributed by atoms with Gasteiger partial charge in [0.2, 0.25) is 0 Å². The molecule has 0 fully saturated rings. The zero-order chi connectivity index (χ0) is 14.9. The molecule has 0 aliphatic heterocycles. The summed E-state index contributed by atoms with van der Waals surface area (Å²) in [5.41, 5.74) is 2.90. The molecule has 2 unspecified atom stereocenters. The van der Waals surface area contributed by atoms with E-state index < -0.39 is 5.60 Å². The molecule has 0 heterocycles. The molecular weight excluding hydrogens is 280 g/mol. The molecule has 2 aromatic rings. The zero-order valence-corrected chi connectivity index (χ0v) is 13.1. The lowest BCUT2D eigenvalue weighted by atomic mass is 9.75. The molecule has 0 spiro atoms. The smallest absolute Gasteiger partial charge is 0.0874 e. The first-order chi connectivity index (χ1) is 10.1. The van der Waals surface area contributed by atoms with Gasteiger partial charge in [0.25, 0.3) is 0 Å². The Kier molecular flexibility index (Phi) is 4.05. The molecule has 0 saturated carbocycles. The van der Waals surface area contributed by atoms with Crippen molar-refractivity contribution in [1.82, 2.24) is 0 Å². The standard InChI is InChI=1S/C19H21ClO/c1-19(21,16-9-5-10-17(20)12-16)13-15-8-4-7-14-6-2-3-11-18(14)15/h2-3,5-6,9-12,15,21H,4,7-8,13H2,1H3. The van der Waals surface area contributed by atoms with Gasteiger partial charge in [0, 0.05) is 5.02 Å². The lowest BCUT2D eigenvalue weighted by molar-refractivity contribution is 0.0380. The highest BCUT2D eigenvalue weighted by molar-refractivity contribution is 6.30. The molecule has 2 aromatic carbocycles. The molecule has 1 aliphatic rings. The molecule has 1 aliphatic carbocycles. The molecule has 0 saturated heterocycles. The Labute approximate surface area is 131 Å². The molecule has 110 valence electrons. The summed E-state index contributed by atoms with van der Waals surface area (Å²) >= 11 is 6.06. The summed E-state index contributed by atoms with van der Waals surface area (Å²) in [6.45, 7) is 1.90. The quantitative estimate of drug-likeness (QED) is 0.840. The van der Waals surface area contributed by atoms with Crippen molar-refractivity contribution in [3.8, 4) is 0 Å². The lowest BCUT2D eigenvalue weighted by Crippen LogP contribution is -2.26. The zero-order valence-electron chi connectivity index (χ0n) is 12.3. The molecule has 0 radical (unpaired) electrons. The second kappa shape index (κ2) is 5.82. The molecule has 0 aromatic heterocycles. The summed E-state index contributed by atoms with van der Waals surface area (Å²) in [7, 11) is 0. The molecular formula is C19H21ClO. The molecule has 0 bridgehead atoms. The molecule has 21 heavy (non-hydrogen) atoms. The van der Waals surface area contributed by atoms with E-state index in [1.165, 1.54) is 17.5 Å². The van der Waals surface area contributed by atoms with Crippen LogP contribution in [0, 0.1) is 0 Å². The van der Waals surface area contributed by atoms with Crippen molar-refractivity contribution < 1.29 is 5.11 Å². The summed E-state index contributed by atoms with van der Waals surface area (Å²) in [5, 5.41) is 11.6. The fraction of sp³-hybridized carbons (Fsp3) is 0.368. The van der Waals surface area contributed by atoms with Crippen molar-refractivity contribution in [2.75, 3.05) is 0 Å². The van der Waals surface area contributed by atoms with Crippen LogP contribution < -0.4 is 0 Å². The van der Waals surface area contributed by atoms with Crippen molar-refractivity contribution >= 4 is 11.6 Å². The van der Waals surface area contributed by atoms with Crippen LogP contribution in [0.4, 0.5) is 0 Å². The number of hydrogen-bond donors (Lipinski definition) is 1. The fourth-order valence-electron chi connectivity index (χ4n) is 3.49. The van der Waals surface area contributed by atoms with E-state index in [1.807, 2.05) is 31.2 Å². The Morgan fingerprint density at radius 3 is 2.81 bits per heavy atom. The lowest BCUT2D eigenvalue weighted by Gasteiger charge is -2.33. The highest BCUT2D eigenvalue weighted by atomic mass is 35.5. The highest BCUT2D eigenvalue weighted by Gasteiger charge is 2.30. The van der Waals surface area contributed by atoms with Gasteiger partial charge in [-0.2, -0.15) is 0 Å². The van der Waals surface area contributed by atoms with Crippen molar-refractivity contribution in [1.29, 1.82) is 0 Å². The average Bonchev–Trinajstić information content (AvgIpc) is 2.47. The minimum Gasteiger partial charge on any atom is -0.385 e. The summed E-state index contributed by atoms with van der Waals surface area (Å²) < 4.78 is 0.